The van der Waals surface area contributed by atoms with Crippen molar-refractivity contribution >= 4 is 5.97 Å². The molecule has 0 spiro atoms. The summed E-state index contributed by atoms with van der Waals surface area (Å²) in [5.41, 5.74) is -2.17. The number of hydrogen-bond donors (Lipinski definition) is 0. The lowest BCUT2D eigenvalue weighted by molar-refractivity contribution is -0.144. The zero-order valence-corrected chi connectivity index (χ0v) is 9.30. The molecule has 0 saturated carbocycles. The number of alkyl halides is 5. The molecule has 0 amide bonds. The minimum absolute atomic E-state index is 0.101. The number of esters is 1. The number of nitrogens with zero attached hydrogens (tertiary/aromatic N) is 1. The molecule has 0 bridgehead atoms. The van der Waals surface area contributed by atoms with Crippen LogP contribution in [0.4, 0.5) is 22.0 Å². The molecule has 8 heteroatoms. The van der Waals surface area contributed by atoms with Crippen LogP contribution in [0.15, 0.2) is 12.3 Å². The first kappa shape index (κ1) is 14.5. The van der Waals surface area contributed by atoms with Crippen molar-refractivity contribution in [3.05, 3.63) is 23.5 Å². The van der Waals surface area contributed by atoms with Crippen LogP contribution >= 0.6 is 0 Å². The van der Waals surface area contributed by atoms with E-state index in [0.717, 1.165) is 12.3 Å². The van der Waals surface area contributed by atoms with Crippen molar-refractivity contribution < 1.29 is 31.5 Å². The van der Waals surface area contributed by atoms with Crippen molar-refractivity contribution in [3.63, 3.8) is 0 Å². The van der Waals surface area contributed by atoms with Gasteiger partial charge in [0.1, 0.15) is 5.69 Å². The minimum atomic E-state index is -4.90. The molecular formula is C10H10F5NO2. The molecule has 0 aliphatic carbocycles. The molecule has 1 aromatic heterocycles. The molecule has 18 heavy (non-hydrogen) atoms. The van der Waals surface area contributed by atoms with Crippen molar-refractivity contribution in [2.45, 2.75) is 26.1 Å². The number of rotatable bonds is 4. The molecule has 3 nitrogen and oxygen atoms in total. The Morgan fingerprint density at radius 3 is 2.50 bits per heavy atom. The normalized spacial score (nSPS) is 11.9. The highest BCUT2D eigenvalue weighted by Gasteiger charge is 2.39. The van der Waals surface area contributed by atoms with Gasteiger partial charge in [-0.15, -0.1) is 0 Å². The Hall–Kier alpha value is -1.60. The topological polar surface area (TPSA) is 31.2 Å². The summed E-state index contributed by atoms with van der Waals surface area (Å²) in [6, 6.07) is 0.823. The standard InChI is InChI=1S/C10H10F5NO2/c1-2-18-9(17)6-3-4-16(5-7(11)12)8(6)10(13,14)15/h3-4,7H,2,5H2,1H3. The van der Waals surface area contributed by atoms with Gasteiger partial charge in [0.05, 0.1) is 18.7 Å². The minimum Gasteiger partial charge on any atom is -0.462 e. The zero-order chi connectivity index (χ0) is 13.9. The number of halogens is 5. The van der Waals surface area contributed by atoms with Gasteiger partial charge in [0.15, 0.2) is 0 Å². The number of aromatic nitrogens is 1. The lowest BCUT2D eigenvalue weighted by atomic mass is 10.2. The molecule has 1 heterocycles. The Morgan fingerprint density at radius 2 is 2.06 bits per heavy atom. The van der Waals surface area contributed by atoms with E-state index in [2.05, 4.69) is 4.74 Å². The highest BCUT2D eigenvalue weighted by Crippen LogP contribution is 2.33. The van der Waals surface area contributed by atoms with Gasteiger partial charge in [0.25, 0.3) is 6.43 Å². The molecule has 1 aromatic rings. The second-order valence-electron chi connectivity index (χ2n) is 3.34. The molecule has 0 aliphatic rings. The van der Waals surface area contributed by atoms with E-state index in [-0.39, 0.29) is 6.61 Å². The summed E-state index contributed by atoms with van der Waals surface area (Å²) in [4.78, 5) is 11.3. The maximum atomic E-state index is 12.7. The quantitative estimate of drug-likeness (QED) is 0.622. The van der Waals surface area contributed by atoms with Gasteiger partial charge < -0.3 is 9.30 Å². The van der Waals surface area contributed by atoms with E-state index >= 15 is 0 Å². The predicted molar refractivity (Wildman–Crippen MR) is 51.4 cm³/mol. The van der Waals surface area contributed by atoms with Gasteiger partial charge in [0, 0.05) is 6.20 Å². The van der Waals surface area contributed by atoms with Gasteiger partial charge in [-0.3, -0.25) is 0 Å². The Kier molecular flexibility index (Phi) is 4.31. The number of carbonyl (C=O) groups is 1. The Bertz CT molecular complexity index is 424. The molecule has 0 aliphatic heterocycles. The first-order valence-corrected chi connectivity index (χ1v) is 4.99. The van der Waals surface area contributed by atoms with Gasteiger partial charge in [-0.2, -0.15) is 13.2 Å². The van der Waals surface area contributed by atoms with Gasteiger partial charge in [-0.25, -0.2) is 13.6 Å². The summed E-state index contributed by atoms with van der Waals surface area (Å²) < 4.78 is 67.2. The molecular weight excluding hydrogens is 261 g/mol. The molecule has 0 atom stereocenters. The number of ether oxygens (including phenoxy) is 1. The Morgan fingerprint density at radius 1 is 1.44 bits per heavy atom. The van der Waals surface area contributed by atoms with Crippen molar-refractivity contribution in [2.75, 3.05) is 6.61 Å². The van der Waals surface area contributed by atoms with Gasteiger partial charge in [-0.05, 0) is 13.0 Å². The average molecular weight is 271 g/mol. The number of carbonyl (C=O) groups excluding carboxylic acids is 1. The lowest BCUT2D eigenvalue weighted by Crippen LogP contribution is -2.20. The average Bonchev–Trinajstić information content (AvgIpc) is 2.60. The van der Waals surface area contributed by atoms with Crippen molar-refractivity contribution in [3.8, 4) is 0 Å². The van der Waals surface area contributed by atoms with Crippen LogP contribution in [0.25, 0.3) is 0 Å². The van der Waals surface area contributed by atoms with Crippen LogP contribution in [-0.4, -0.2) is 23.6 Å². The van der Waals surface area contributed by atoms with Crippen LogP contribution in [0.5, 0.6) is 0 Å². The Balaban J connectivity index is 3.20. The fourth-order valence-corrected chi connectivity index (χ4v) is 1.46. The van der Waals surface area contributed by atoms with E-state index in [9.17, 15) is 26.7 Å². The summed E-state index contributed by atoms with van der Waals surface area (Å²) in [6.07, 6.45) is -7.06. The summed E-state index contributed by atoms with van der Waals surface area (Å²) in [6.45, 7) is 0.200. The van der Waals surface area contributed by atoms with E-state index in [4.69, 9.17) is 0 Å². The zero-order valence-electron chi connectivity index (χ0n) is 9.30. The van der Waals surface area contributed by atoms with E-state index in [1.165, 1.54) is 6.92 Å². The van der Waals surface area contributed by atoms with Crippen molar-refractivity contribution in [1.29, 1.82) is 0 Å². The second-order valence-corrected chi connectivity index (χ2v) is 3.34. The summed E-state index contributed by atoms with van der Waals surface area (Å²) in [5.74, 6) is -1.18. The number of hydrogen-bond acceptors (Lipinski definition) is 2. The van der Waals surface area contributed by atoms with Crippen LogP contribution in [0.3, 0.4) is 0 Å². The van der Waals surface area contributed by atoms with Crippen molar-refractivity contribution in [2.24, 2.45) is 0 Å². The first-order chi connectivity index (χ1) is 8.27. The van der Waals surface area contributed by atoms with E-state index < -0.39 is 36.4 Å². The predicted octanol–water partition coefficient (Wildman–Crippen LogP) is 2.95. The van der Waals surface area contributed by atoms with Crippen LogP contribution in [-0.2, 0) is 17.5 Å². The fraction of sp³-hybridized carbons (Fsp3) is 0.500. The van der Waals surface area contributed by atoms with Gasteiger partial charge >= 0.3 is 12.1 Å². The van der Waals surface area contributed by atoms with Crippen LogP contribution in [0.2, 0.25) is 0 Å². The van der Waals surface area contributed by atoms with Gasteiger partial charge in [0.2, 0.25) is 0 Å². The van der Waals surface area contributed by atoms with Crippen molar-refractivity contribution in [1.82, 2.24) is 4.57 Å². The van der Waals surface area contributed by atoms with Gasteiger partial charge in [-0.1, -0.05) is 0 Å². The molecule has 0 unspecified atom stereocenters. The maximum absolute atomic E-state index is 12.7. The smallest absolute Gasteiger partial charge is 0.432 e. The van der Waals surface area contributed by atoms with Crippen LogP contribution < -0.4 is 0 Å². The van der Waals surface area contributed by atoms with E-state index in [0.29, 0.717) is 4.57 Å². The van der Waals surface area contributed by atoms with E-state index in [1.807, 2.05) is 0 Å². The van der Waals surface area contributed by atoms with Crippen LogP contribution in [0.1, 0.15) is 23.0 Å². The second kappa shape index (κ2) is 5.36. The molecule has 0 N–H and O–H groups in total. The maximum Gasteiger partial charge on any atom is 0.432 e. The summed E-state index contributed by atoms with van der Waals surface area (Å²) in [5, 5.41) is 0. The lowest BCUT2D eigenvalue weighted by Gasteiger charge is -2.13. The highest BCUT2D eigenvalue weighted by molar-refractivity contribution is 5.91. The largest absolute Gasteiger partial charge is 0.462 e. The first-order valence-electron chi connectivity index (χ1n) is 4.99. The fourth-order valence-electron chi connectivity index (χ4n) is 1.46. The third-order valence-electron chi connectivity index (χ3n) is 2.06. The van der Waals surface area contributed by atoms with E-state index in [1.54, 1.807) is 0 Å². The van der Waals surface area contributed by atoms with Crippen LogP contribution in [0, 0.1) is 0 Å². The summed E-state index contributed by atoms with van der Waals surface area (Å²) in [7, 11) is 0. The monoisotopic (exact) mass is 271 g/mol. The molecule has 1 rings (SSSR count). The molecule has 0 radical (unpaired) electrons. The SMILES string of the molecule is CCOC(=O)c1ccn(CC(F)F)c1C(F)(F)F. The Labute approximate surface area is 99.1 Å². The molecule has 0 saturated heterocycles. The molecule has 0 fully saturated rings. The molecule has 0 aromatic carbocycles. The third kappa shape index (κ3) is 3.21. The highest BCUT2D eigenvalue weighted by atomic mass is 19.4. The molecule has 102 valence electrons. The third-order valence-corrected chi connectivity index (χ3v) is 2.06. The summed E-state index contributed by atoms with van der Waals surface area (Å²) >= 11 is 0.